The third-order valence-electron chi connectivity index (χ3n) is 3.16. The van der Waals surface area contributed by atoms with Gasteiger partial charge in [-0.1, -0.05) is 0 Å². The summed E-state index contributed by atoms with van der Waals surface area (Å²) in [6.45, 7) is 11.1. The average Bonchev–Trinajstić information content (AvgIpc) is 2.79. The van der Waals surface area contributed by atoms with Crippen LogP contribution in [-0.2, 0) is 9.47 Å². The van der Waals surface area contributed by atoms with Gasteiger partial charge in [0.15, 0.2) is 0 Å². The second kappa shape index (κ2) is 7.70. The van der Waals surface area contributed by atoms with Crippen molar-refractivity contribution in [1.29, 1.82) is 0 Å². The van der Waals surface area contributed by atoms with E-state index in [0.29, 0.717) is 18.5 Å². The Morgan fingerprint density at radius 1 is 1.42 bits per heavy atom. The highest BCUT2D eigenvalue weighted by Gasteiger charge is 2.21. The Balaban J connectivity index is 2.00. The van der Waals surface area contributed by atoms with Crippen LogP contribution in [0.15, 0.2) is 0 Å². The molecule has 1 amide bonds. The number of rotatable bonds is 6. The van der Waals surface area contributed by atoms with Gasteiger partial charge in [-0.3, -0.25) is 0 Å². The van der Waals surface area contributed by atoms with E-state index in [1.54, 1.807) is 0 Å². The van der Waals surface area contributed by atoms with Crippen molar-refractivity contribution in [3.63, 3.8) is 0 Å². The first-order valence-electron chi connectivity index (χ1n) is 7.16. The second-order valence-electron chi connectivity index (χ2n) is 6.15. The lowest BCUT2D eigenvalue weighted by Crippen LogP contribution is -2.37. The van der Waals surface area contributed by atoms with Crippen LogP contribution in [-0.4, -0.2) is 44.0 Å². The predicted octanol–water partition coefficient (Wildman–Crippen LogP) is 1.92. The maximum absolute atomic E-state index is 11.4. The van der Waals surface area contributed by atoms with E-state index in [2.05, 4.69) is 17.6 Å². The van der Waals surface area contributed by atoms with Gasteiger partial charge in [-0.2, -0.15) is 0 Å². The van der Waals surface area contributed by atoms with Gasteiger partial charge < -0.3 is 20.1 Å². The molecule has 0 aromatic carbocycles. The molecule has 5 nitrogen and oxygen atoms in total. The Kier molecular flexibility index (Phi) is 6.58. The molecule has 5 heteroatoms. The van der Waals surface area contributed by atoms with Gasteiger partial charge in [-0.15, -0.1) is 0 Å². The summed E-state index contributed by atoms with van der Waals surface area (Å²) in [4.78, 5) is 11.4. The van der Waals surface area contributed by atoms with Crippen LogP contribution < -0.4 is 10.6 Å². The van der Waals surface area contributed by atoms with Crippen LogP contribution in [0, 0.1) is 5.92 Å². The summed E-state index contributed by atoms with van der Waals surface area (Å²) < 4.78 is 10.5. The molecular weight excluding hydrogens is 244 g/mol. The van der Waals surface area contributed by atoms with Crippen molar-refractivity contribution in [2.75, 3.05) is 26.3 Å². The van der Waals surface area contributed by atoms with Crippen LogP contribution >= 0.6 is 0 Å². The molecule has 1 aliphatic heterocycles. The van der Waals surface area contributed by atoms with E-state index < -0.39 is 5.60 Å². The minimum absolute atomic E-state index is 0.343. The zero-order chi connectivity index (χ0) is 14.3. The van der Waals surface area contributed by atoms with Gasteiger partial charge in [0.25, 0.3) is 0 Å². The maximum atomic E-state index is 11.4. The fourth-order valence-corrected chi connectivity index (χ4v) is 2.04. The molecule has 1 heterocycles. The summed E-state index contributed by atoms with van der Waals surface area (Å²) in [5, 5.41) is 6.23. The Bertz CT molecular complexity index is 270. The molecule has 2 atom stereocenters. The molecule has 1 rings (SSSR count). The third kappa shape index (κ3) is 7.38. The van der Waals surface area contributed by atoms with Gasteiger partial charge in [-0.05, 0) is 53.0 Å². The van der Waals surface area contributed by atoms with Gasteiger partial charge in [-0.25, -0.2) is 4.79 Å². The highest BCUT2D eigenvalue weighted by atomic mass is 16.6. The minimum atomic E-state index is -0.431. The molecule has 0 spiro atoms. The van der Waals surface area contributed by atoms with E-state index in [-0.39, 0.29) is 6.09 Å². The van der Waals surface area contributed by atoms with E-state index in [1.165, 1.54) is 0 Å². The maximum Gasteiger partial charge on any atom is 0.407 e. The number of nitrogens with one attached hydrogen (secondary N) is 2. The van der Waals surface area contributed by atoms with E-state index in [0.717, 1.165) is 32.6 Å². The number of ether oxygens (including phenoxy) is 2. The minimum Gasteiger partial charge on any atom is -0.444 e. The number of carbonyl (C=O) groups excluding carboxylic acids is 1. The Morgan fingerprint density at radius 2 is 2.16 bits per heavy atom. The Hall–Kier alpha value is -0.810. The van der Waals surface area contributed by atoms with E-state index in [4.69, 9.17) is 9.47 Å². The smallest absolute Gasteiger partial charge is 0.407 e. The average molecular weight is 272 g/mol. The lowest BCUT2D eigenvalue weighted by Gasteiger charge is -2.20. The van der Waals surface area contributed by atoms with Crippen LogP contribution in [0.2, 0.25) is 0 Å². The molecule has 0 saturated carbocycles. The summed E-state index contributed by atoms with van der Waals surface area (Å²) in [6, 6.07) is 0.476. The molecule has 0 aromatic heterocycles. The van der Waals surface area contributed by atoms with Gasteiger partial charge in [0.05, 0.1) is 6.61 Å². The topological polar surface area (TPSA) is 59.6 Å². The zero-order valence-electron chi connectivity index (χ0n) is 12.6. The Labute approximate surface area is 116 Å². The number of carbonyl (C=O) groups is 1. The summed E-state index contributed by atoms with van der Waals surface area (Å²) in [5.41, 5.74) is -0.431. The molecule has 0 bridgehead atoms. The summed E-state index contributed by atoms with van der Waals surface area (Å²) in [5.74, 6) is 0.624. The lowest BCUT2D eigenvalue weighted by molar-refractivity contribution is 0.0527. The predicted molar refractivity (Wildman–Crippen MR) is 75.2 cm³/mol. The molecule has 2 N–H and O–H groups in total. The molecule has 1 aliphatic rings. The van der Waals surface area contributed by atoms with Crippen LogP contribution in [0.1, 0.15) is 40.5 Å². The summed E-state index contributed by atoms with van der Waals surface area (Å²) >= 11 is 0. The lowest BCUT2D eigenvalue weighted by atomic mass is 10.0. The molecule has 0 aromatic rings. The fourth-order valence-electron chi connectivity index (χ4n) is 2.04. The van der Waals surface area contributed by atoms with Crippen molar-refractivity contribution in [2.45, 2.75) is 52.2 Å². The summed E-state index contributed by atoms with van der Waals surface area (Å²) in [7, 11) is 0. The van der Waals surface area contributed by atoms with Crippen molar-refractivity contribution in [2.24, 2.45) is 5.92 Å². The molecule has 2 unspecified atom stereocenters. The number of alkyl carbamates (subject to hydrolysis) is 1. The molecule has 1 saturated heterocycles. The van der Waals surface area contributed by atoms with Gasteiger partial charge in [0.1, 0.15) is 5.60 Å². The van der Waals surface area contributed by atoms with Crippen molar-refractivity contribution >= 4 is 6.09 Å². The molecule has 1 fully saturated rings. The van der Waals surface area contributed by atoms with Crippen molar-refractivity contribution in [3.8, 4) is 0 Å². The number of hydrogen-bond donors (Lipinski definition) is 2. The van der Waals surface area contributed by atoms with E-state index in [9.17, 15) is 4.79 Å². The first-order chi connectivity index (χ1) is 8.88. The van der Waals surface area contributed by atoms with Crippen molar-refractivity contribution in [3.05, 3.63) is 0 Å². The van der Waals surface area contributed by atoms with Gasteiger partial charge in [0.2, 0.25) is 0 Å². The normalized spacial score (nSPS) is 21.2. The van der Waals surface area contributed by atoms with E-state index >= 15 is 0 Å². The standard InChI is InChI=1S/C14H28N2O3/c1-11(12-6-9-18-10-12)15-7-5-8-16-13(17)19-14(2,3)4/h11-12,15H,5-10H2,1-4H3,(H,16,17). The highest BCUT2D eigenvalue weighted by Crippen LogP contribution is 2.16. The molecule has 112 valence electrons. The molecule has 0 aliphatic carbocycles. The largest absolute Gasteiger partial charge is 0.444 e. The van der Waals surface area contributed by atoms with Gasteiger partial charge >= 0.3 is 6.09 Å². The van der Waals surface area contributed by atoms with Crippen LogP contribution in [0.5, 0.6) is 0 Å². The first-order valence-corrected chi connectivity index (χ1v) is 7.16. The number of hydrogen-bond acceptors (Lipinski definition) is 4. The summed E-state index contributed by atoms with van der Waals surface area (Å²) in [6.07, 6.45) is 1.70. The van der Waals surface area contributed by atoms with Gasteiger partial charge in [0, 0.05) is 19.2 Å². The third-order valence-corrected chi connectivity index (χ3v) is 3.16. The molecule has 0 radical (unpaired) electrons. The van der Waals surface area contributed by atoms with Crippen LogP contribution in [0.4, 0.5) is 4.79 Å². The number of amides is 1. The monoisotopic (exact) mass is 272 g/mol. The van der Waals surface area contributed by atoms with E-state index in [1.807, 2.05) is 20.8 Å². The first kappa shape index (κ1) is 16.2. The van der Waals surface area contributed by atoms with Crippen molar-refractivity contribution < 1.29 is 14.3 Å². The van der Waals surface area contributed by atoms with Crippen LogP contribution in [0.25, 0.3) is 0 Å². The molecule has 19 heavy (non-hydrogen) atoms. The highest BCUT2D eigenvalue weighted by molar-refractivity contribution is 5.67. The quantitative estimate of drug-likeness (QED) is 0.725. The van der Waals surface area contributed by atoms with Crippen molar-refractivity contribution in [1.82, 2.24) is 10.6 Å². The fraction of sp³-hybridized carbons (Fsp3) is 0.929. The SMILES string of the molecule is CC(NCCCNC(=O)OC(C)(C)C)C1CCOC1. The van der Waals surface area contributed by atoms with Crippen LogP contribution in [0.3, 0.4) is 0 Å². The Morgan fingerprint density at radius 3 is 2.74 bits per heavy atom. The second-order valence-corrected chi connectivity index (χ2v) is 6.15. The zero-order valence-corrected chi connectivity index (χ0v) is 12.6. The molecular formula is C14H28N2O3.